The number of ketones is 1. The summed E-state index contributed by atoms with van der Waals surface area (Å²) in [7, 11) is 0. The zero-order valence-electron chi connectivity index (χ0n) is 13.3. The Balaban J connectivity index is 1.74. The van der Waals surface area contributed by atoms with Gasteiger partial charge in [0.1, 0.15) is 11.5 Å². The first-order chi connectivity index (χ1) is 10.3. The normalized spacial score (nSPS) is 18.7. The van der Waals surface area contributed by atoms with E-state index in [4.69, 9.17) is 4.74 Å². The molecule has 1 aromatic carbocycles. The minimum absolute atomic E-state index is 0.250. The van der Waals surface area contributed by atoms with E-state index in [-0.39, 0.29) is 5.92 Å². The molecule has 2 heteroatoms. The fourth-order valence-electron chi connectivity index (χ4n) is 3.00. The van der Waals surface area contributed by atoms with E-state index in [2.05, 4.69) is 19.1 Å². The maximum Gasteiger partial charge on any atom is 0.136 e. The lowest BCUT2D eigenvalue weighted by atomic mass is 9.84. The maximum absolute atomic E-state index is 11.9. The molecule has 0 amide bonds. The van der Waals surface area contributed by atoms with Crippen LogP contribution < -0.4 is 4.74 Å². The zero-order chi connectivity index (χ0) is 14.9. The molecule has 1 fully saturated rings. The molecule has 0 bridgehead atoms. The van der Waals surface area contributed by atoms with Crippen molar-refractivity contribution in [2.24, 2.45) is 5.92 Å². The largest absolute Gasteiger partial charge is 0.494 e. The minimum Gasteiger partial charge on any atom is -0.494 e. The molecule has 0 aliphatic heterocycles. The third-order valence-electron chi connectivity index (χ3n) is 4.35. The first kappa shape index (κ1) is 16.1. The van der Waals surface area contributed by atoms with E-state index in [1.54, 1.807) is 0 Å². The molecule has 1 aliphatic carbocycles. The van der Waals surface area contributed by atoms with Crippen LogP contribution in [0, 0.1) is 5.92 Å². The van der Waals surface area contributed by atoms with E-state index in [9.17, 15) is 4.79 Å². The van der Waals surface area contributed by atoms with E-state index in [0.717, 1.165) is 44.5 Å². The Morgan fingerprint density at radius 3 is 2.62 bits per heavy atom. The van der Waals surface area contributed by atoms with E-state index < -0.39 is 0 Å². The molecule has 0 radical (unpaired) electrons. The standard InChI is InChI=1S/C19H28O2/c1-2-3-4-7-14-21-18-12-10-16(11-13-18)15-17-8-5-6-9-19(17)20/h10-13,17H,2-9,14-15H2,1H3. The molecule has 2 rings (SSSR count). The summed E-state index contributed by atoms with van der Waals surface area (Å²) in [5.74, 6) is 1.65. The molecule has 0 saturated heterocycles. The third-order valence-corrected chi connectivity index (χ3v) is 4.35. The lowest BCUT2D eigenvalue weighted by Gasteiger charge is -2.20. The van der Waals surface area contributed by atoms with Gasteiger partial charge in [-0.1, -0.05) is 44.7 Å². The Morgan fingerprint density at radius 1 is 1.10 bits per heavy atom. The second kappa shape index (κ2) is 8.86. The summed E-state index contributed by atoms with van der Waals surface area (Å²) in [4.78, 5) is 11.9. The van der Waals surface area contributed by atoms with Gasteiger partial charge in [0.25, 0.3) is 0 Å². The van der Waals surface area contributed by atoms with Crippen LogP contribution in [0.4, 0.5) is 0 Å². The molecule has 116 valence electrons. The van der Waals surface area contributed by atoms with Gasteiger partial charge in [-0.3, -0.25) is 4.79 Å². The Hall–Kier alpha value is -1.31. The SMILES string of the molecule is CCCCCCOc1ccc(CC2CCCCC2=O)cc1. The Bertz CT molecular complexity index is 422. The van der Waals surface area contributed by atoms with Gasteiger partial charge in [0.2, 0.25) is 0 Å². The lowest BCUT2D eigenvalue weighted by Crippen LogP contribution is -2.20. The van der Waals surface area contributed by atoms with Crippen molar-refractivity contribution in [3.05, 3.63) is 29.8 Å². The minimum atomic E-state index is 0.250. The smallest absolute Gasteiger partial charge is 0.136 e. The first-order valence-corrected chi connectivity index (χ1v) is 8.54. The van der Waals surface area contributed by atoms with Crippen molar-refractivity contribution in [3.63, 3.8) is 0 Å². The van der Waals surface area contributed by atoms with Crippen LogP contribution >= 0.6 is 0 Å². The molecule has 0 aromatic heterocycles. The molecule has 0 N–H and O–H groups in total. The topological polar surface area (TPSA) is 26.3 Å². The molecule has 1 aliphatic rings. The summed E-state index contributed by atoms with van der Waals surface area (Å²) < 4.78 is 5.75. The summed E-state index contributed by atoms with van der Waals surface area (Å²) in [5, 5.41) is 0. The van der Waals surface area contributed by atoms with Gasteiger partial charge < -0.3 is 4.74 Å². The van der Waals surface area contributed by atoms with Crippen molar-refractivity contribution in [1.29, 1.82) is 0 Å². The Labute approximate surface area is 128 Å². The van der Waals surface area contributed by atoms with Crippen LogP contribution in [0.25, 0.3) is 0 Å². The van der Waals surface area contributed by atoms with Gasteiger partial charge in [-0.05, 0) is 43.4 Å². The molecule has 0 heterocycles. The number of Topliss-reactive ketones (excluding diaryl/α,β-unsaturated/α-hetero) is 1. The molecule has 1 unspecified atom stereocenters. The molecule has 1 aromatic rings. The molecule has 1 saturated carbocycles. The van der Waals surface area contributed by atoms with Crippen LogP contribution in [0.2, 0.25) is 0 Å². The number of carbonyl (C=O) groups is 1. The fourth-order valence-corrected chi connectivity index (χ4v) is 3.00. The van der Waals surface area contributed by atoms with Crippen molar-refractivity contribution < 1.29 is 9.53 Å². The molecule has 21 heavy (non-hydrogen) atoms. The van der Waals surface area contributed by atoms with Gasteiger partial charge in [0.05, 0.1) is 6.61 Å². The van der Waals surface area contributed by atoms with Crippen molar-refractivity contribution in [1.82, 2.24) is 0 Å². The van der Waals surface area contributed by atoms with Crippen LogP contribution in [0.1, 0.15) is 63.9 Å². The van der Waals surface area contributed by atoms with Gasteiger partial charge in [-0.15, -0.1) is 0 Å². The number of carbonyl (C=O) groups excluding carboxylic acids is 1. The summed E-state index contributed by atoms with van der Waals surface area (Å²) in [5.41, 5.74) is 1.26. The third kappa shape index (κ3) is 5.53. The van der Waals surface area contributed by atoms with Crippen LogP contribution in [0.15, 0.2) is 24.3 Å². The number of unbranched alkanes of at least 4 members (excludes halogenated alkanes) is 3. The van der Waals surface area contributed by atoms with Gasteiger partial charge in [0.15, 0.2) is 0 Å². The lowest BCUT2D eigenvalue weighted by molar-refractivity contribution is -0.124. The predicted molar refractivity (Wildman–Crippen MR) is 86.7 cm³/mol. The van der Waals surface area contributed by atoms with Gasteiger partial charge in [-0.2, -0.15) is 0 Å². The highest BCUT2D eigenvalue weighted by molar-refractivity contribution is 5.81. The summed E-state index contributed by atoms with van der Waals surface area (Å²) in [6.45, 7) is 3.02. The highest BCUT2D eigenvalue weighted by atomic mass is 16.5. The van der Waals surface area contributed by atoms with Gasteiger partial charge in [0, 0.05) is 12.3 Å². The number of hydrogen-bond acceptors (Lipinski definition) is 2. The first-order valence-electron chi connectivity index (χ1n) is 8.54. The van der Waals surface area contributed by atoms with Crippen molar-refractivity contribution in [2.45, 2.75) is 64.7 Å². The maximum atomic E-state index is 11.9. The molecular formula is C19H28O2. The van der Waals surface area contributed by atoms with Crippen LogP contribution in [-0.2, 0) is 11.2 Å². The Kier molecular flexibility index (Phi) is 6.78. The number of hydrogen-bond donors (Lipinski definition) is 0. The predicted octanol–water partition coefficient (Wildman–Crippen LogP) is 4.95. The zero-order valence-corrected chi connectivity index (χ0v) is 13.3. The molecule has 1 atom stereocenters. The van der Waals surface area contributed by atoms with Crippen LogP contribution in [0.3, 0.4) is 0 Å². The molecule has 0 spiro atoms. The fraction of sp³-hybridized carbons (Fsp3) is 0.632. The van der Waals surface area contributed by atoms with E-state index in [1.807, 2.05) is 12.1 Å². The van der Waals surface area contributed by atoms with Crippen molar-refractivity contribution in [3.8, 4) is 5.75 Å². The highest BCUT2D eigenvalue weighted by Gasteiger charge is 2.22. The molecular weight excluding hydrogens is 260 g/mol. The average molecular weight is 288 g/mol. The second-order valence-electron chi connectivity index (χ2n) is 6.17. The summed E-state index contributed by atoms with van der Waals surface area (Å²) in [6, 6.07) is 8.32. The summed E-state index contributed by atoms with van der Waals surface area (Å²) in [6.07, 6.45) is 9.96. The van der Waals surface area contributed by atoms with E-state index in [0.29, 0.717) is 5.78 Å². The quantitative estimate of drug-likeness (QED) is 0.633. The monoisotopic (exact) mass is 288 g/mol. The Morgan fingerprint density at radius 2 is 1.90 bits per heavy atom. The van der Waals surface area contributed by atoms with Gasteiger partial charge >= 0.3 is 0 Å². The number of ether oxygens (including phenoxy) is 1. The van der Waals surface area contributed by atoms with Crippen LogP contribution in [0.5, 0.6) is 5.75 Å². The second-order valence-corrected chi connectivity index (χ2v) is 6.17. The van der Waals surface area contributed by atoms with Crippen LogP contribution in [-0.4, -0.2) is 12.4 Å². The number of benzene rings is 1. The number of rotatable bonds is 8. The van der Waals surface area contributed by atoms with Crippen molar-refractivity contribution >= 4 is 5.78 Å². The van der Waals surface area contributed by atoms with E-state index >= 15 is 0 Å². The summed E-state index contributed by atoms with van der Waals surface area (Å²) >= 11 is 0. The highest BCUT2D eigenvalue weighted by Crippen LogP contribution is 2.25. The van der Waals surface area contributed by atoms with Gasteiger partial charge in [-0.25, -0.2) is 0 Å². The average Bonchev–Trinajstić information content (AvgIpc) is 2.51. The van der Waals surface area contributed by atoms with E-state index in [1.165, 1.54) is 31.2 Å². The molecule has 2 nitrogen and oxygen atoms in total. The van der Waals surface area contributed by atoms with Crippen molar-refractivity contribution in [2.75, 3.05) is 6.61 Å².